The van der Waals surface area contributed by atoms with E-state index in [0.717, 1.165) is 62.5 Å². The molecule has 1 N–H and O–H groups in total. The molecule has 0 amide bonds. The highest BCUT2D eigenvalue weighted by molar-refractivity contribution is 5.60. The Labute approximate surface area is 171 Å². The van der Waals surface area contributed by atoms with E-state index in [1.807, 2.05) is 30.7 Å². The number of pyridine rings is 2. The van der Waals surface area contributed by atoms with Gasteiger partial charge < -0.3 is 5.32 Å². The highest BCUT2D eigenvalue weighted by Gasteiger charge is 2.24. The van der Waals surface area contributed by atoms with Gasteiger partial charge in [0.15, 0.2) is 5.82 Å². The molecule has 3 aromatic heterocycles. The molecule has 5 rings (SSSR count). The second-order valence-corrected chi connectivity index (χ2v) is 7.97. The second kappa shape index (κ2) is 8.25. The molecule has 0 atom stereocenters. The minimum atomic E-state index is 0.463. The van der Waals surface area contributed by atoms with Crippen molar-refractivity contribution >= 4 is 5.82 Å². The number of anilines is 1. The number of aryl methyl sites for hydroxylation is 1. The molecule has 4 heterocycles. The molecule has 148 valence electrons. The van der Waals surface area contributed by atoms with Crippen LogP contribution in [-0.2, 0) is 19.4 Å². The first-order chi connectivity index (χ1) is 14.3. The number of hydrogen-bond acceptors (Lipinski definition) is 6. The van der Waals surface area contributed by atoms with Gasteiger partial charge in [0, 0.05) is 67.3 Å². The first-order valence-electron chi connectivity index (χ1n) is 10.5. The average Bonchev–Trinajstić information content (AvgIpc) is 3.26. The van der Waals surface area contributed by atoms with Gasteiger partial charge in [0.25, 0.3) is 0 Å². The Morgan fingerprint density at radius 1 is 0.966 bits per heavy atom. The van der Waals surface area contributed by atoms with Crippen LogP contribution in [0.1, 0.15) is 36.1 Å². The number of likely N-dealkylation sites (tertiary alicyclic amines) is 1. The van der Waals surface area contributed by atoms with Crippen LogP contribution in [0.2, 0.25) is 0 Å². The van der Waals surface area contributed by atoms with Crippen LogP contribution in [0.25, 0.3) is 11.4 Å². The van der Waals surface area contributed by atoms with Crippen LogP contribution in [0.5, 0.6) is 0 Å². The maximum atomic E-state index is 4.91. The Hall–Kier alpha value is -2.86. The predicted molar refractivity (Wildman–Crippen MR) is 113 cm³/mol. The predicted octanol–water partition coefficient (Wildman–Crippen LogP) is 3.50. The maximum Gasteiger partial charge on any atom is 0.163 e. The van der Waals surface area contributed by atoms with Gasteiger partial charge in [0.2, 0.25) is 0 Å². The van der Waals surface area contributed by atoms with E-state index in [0.29, 0.717) is 6.04 Å². The molecule has 0 unspecified atom stereocenters. The molecule has 1 aliphatic heterocycles. The fourth-order valence-electron chi connectivity index (χ4n) is 4.35. The van der Waals surface area contributed by atoms with Gasteiger partial charge in [0.05, 0.1) is 0 Å². The van der Waals surface area contributed by atoms with Gasteiger partial charge in [-0.2, -0.15) is 0 Å². The van der Waals surface area contributed by atoms with E-state index in [1.54, 1.807) is 6.20 Å². The Morgan fingerprint density at radius 3 is 2.62 bits per heavy atom. The summed E-state index contributed by atoms with van der Waals surface area (Å²) in [7, 11) is 0. The highest BCUT2D eigenvalue weighted by atomic mass is 15.2. The SMILES string of the molecule is c1cncc(-c2nc3c(c(NC4CCN(Cc5ccncc5)CC4)n2)CCC3)c1. The molecule has 1 aliphatic carbocycles. The third-order valence-electron chi connectivity index (χ3n) is 5.94. The average molecular weight is 387 g/mol. The summed E-state index contributed by atoms with van der Waals surface area (Å²) >= 11 is 0. The number of fused-ring (bicyclic) bond motifs is 1. The van der Waals surface area contributed by atoms with Crippen molar-refractivity contribution in [3.05, 3.63) is 65.9 Å². The third-order valence-corrected chi connectivity index (χ3v) is 5.94. The number of nitrogens with zero attached hydrogens (tertiary/aromatic N) is 5. The van der Waals surface area contributed by atoms with Gasteiger partial charge in [-0.15, -0.1) is 0 Å². The third kappa shape index (κ3) is 4.12. The van der Waals surface area contributed by atoms with Crippen molar-refractivity contribution < 1.29 is 0 Å². The van der Waals surface area contributed by atoms with Crippen molar-refractivity contribution in [1.29, 1.82) is 0 Å². The van der Waals surface area contributed by atoms with Gasteiger partial charge in [-0.1, -0.05) is 0 Å². The molecule has 2 aliphatic rings. The highest BCUT2D eigenvalue weighted by Crippen LogP contribution is 2.30. The molecule has 29 heavy (non-hydrogen) atoms. The summed E-state index contributed by atoms with van der Waals surface area (Å²) in [5, 5.41) is 3.77. The molecule has 6 nitrogen and oxygen atoms in total. The lowest BCUT2D eigenvalue weighted by atomic mass is 10.0. The van der Waals surface area contributed by atoms with Gasteiger partial charge in [-0.25, -0.2) is 9.97 Å². The molecule has 0 bridgehead atoms. The first kappa shape index (κ1) is 18.2. The van der Waals surface area contributed by atoms with Crippen molar-refractivity contribution in [3.63, 3.8) is 0 Å². The molecule has 1 fully saturated rings. The van der Waals surface area contributed by atoms with E-state index < -0.39 is 0 Å². The van der Waals surface area contributed by atoms with Crippen LogP contribution < -0.4 is 5.32 Å². The van der Waals surface area contributed by atoms with Crippen LogP contribution >= 0.6 is 0 Å². The summed E-state index contributed by atoms with van der Waals surface area (Å²) in [6, 6.07) is 8.65. The lowest BCUT2D eigenvalue weighted by molar-refractivity contribution is 0.211. The molecule has 0 radical (unpaired) electrons. The largest absolute Gasteiger partial charge is 0.367 e. The Morgan fingerprint density at radius 2 is 1.83 bits per heavy atom. The standard InChI is InChI=1S/C23H26N6/c1-4-20-21(5-1)27-22(18-3-2-10-25-15-18)28-23(20)26-19-8-13-29(14-9-19)16-17-6-11-24-12-7-17/h2-3,6-7,10-12,15,19H,1,4-5,8-9,13-14,16H2,(H,26,27,28). The normalized spacial score (nSPS) is 17.2. The fraction of sp³-hybridized carbons (Fsp3) is 0.391. The summed E-state index contributed by atoms with van der Waals surface area (Å²) in [6.07, 6.45) is 12.9. The van der Waals surface area contributed by atoms with E-state index in [1.165, 1.54) is 23.2 Å². The first-order valence-corrected chi connectivity index (χ1v) is 10.5. The number of aromatic nitrogens is 4. The quantitative estimate of drug-likeness (QED) is 0.724. The fourth-order valence-corrected chi connectivity index (χ4v) is 4.35. The Kier molecular flexibility index (Phi) is 5.17. The molecular weight excluding hydrogens is 360 g/mol. The zero-order valence-electron chi connectivity index (χ0n) is 16.6. The summed E-state index contributed by atoms with van der Waals surface area (Å²) in [5.41, 5.74) is 4.84. The molecule has 3 aromatic rings. The van der Waals surface area contributed by atoms with E-state index >= 15 is 0 Å². The smallest absolute Gasteiger partial charge is 0.163 e. The summed E-state index contributed by atoms with van der Waals surface area (Å²) in [4.78, 5) is 20.6. The minimum absolute atomic E-state index is 0.463. The van der Waals surface area contributed by atoms with Crippen molar-refractivity contribution in [2.75, 3.05) is 18.4 Å². The topological polar surface area (TPSA) is 66.8 Å². The Balaban J connectivity index is 1.28. The molecular formula is C23H26N6. The van der Waals surface area contributed by atoms with Crippen molar-refractivity contribution in [2.45, 2.75) is 44.7 Å². The van der Waals surface area contributed by atoms with E-state index in [4.69, 9.17) is 9.97 Å². The van der Waals surface area contributed by atoms with Crippen molar-refractivity contribution in [3.8, 4) is 11.4 Å². The molecule has 0 saturated carbocycles. The van der Waals surface area contributed by atoms with Crippen molar-refractivity contribution in [1.82, 2.24) is 24.8 Å². The van der Waals surface area contributed by atoms with Crippen LogP contribution in [0.15, 0.2) is 49.1 Å². The second-order valence-electron chi connectivity index (χ2n) is 7.97. The zero-order chi connectivity index (χ0) is 19.5. The number of hydrogen-bond donors (Lipinski definition) is 1. The zero-order valence-corrected chi connectivity index (χ0v) is 16.6. The molecule has 0 spiro atoms. The summed E-state index contributed by atoms with van der Waals surface area (Å²) in [6.45, 7) is 3.20. The van der Waals surface area contributed by atoms with Crippen LogP contribution in [0.4, 0.5) is 5.82 Å². The summed E-state index contributed by atoms with van der Waals surface area (Å²) in [5.74, 6) is 1.83. The molecule has 1 saturated heterocycles. The van der Waals surface area contributed by atoms with Gasteiger partial charge in [0.1, 0.15) is 5.82 Å². The van der Waals surface area contributed by atoms with Crippen LogP contribution in [-0.4, -0.2) is 44.0 Å². The number of nitrogens with one attached hydrogen (secondary N) is 1. The molecule has 0 aromatic carbocycles. The van der Waals surface area contributed by atoms with E-state index in [2.05, 4.69) is 32.3 Å². The van der Waals surface area contributed by atoms with Crippen molar-refractivity contribution in [2.24, 2.45) is 0 Å². The lowest BCUT2D eigenvalue weighted by Crippen LogP contribution is -2.39. The summed E-state index contributed by atoms with van der Waals surface area (Å²) < 4.78 is 0. The van der Waals surface area contributed by atoms with E-state index in [9.17, 15) is 0 Å². The minimum Gasteiger partial charge on any atom is -0.367 e. The maximum absolute atomic E-state index is 4.91. The molecule has 6 heteroatoms. The van der Waals surface area contributed by atoms with E-state index in [-0.39, 0.29) is 0 Å². The van der Waals surface area contributed by atoms with Gasteiger partial charge in [-0.3, -0.25) is 14.9 Å². The van der Waals surface area contributed by atoms with Gasteiger partial charge in [-0.05, 0) is 61.9 Å². The number of piperidine rings is 1. The Bertz CT molecular complexity index is 952. The van der Waals surface area contributed by atoms with Crippen LogP contribution in [0.3, 0.4) is 0 Å². The van der Waals surface area contributed by atoms with Gasteiger partial charge >= 0.3 is 0 Å². The lowest BCUT2D eigenvalue weighted by Gasteiger charge is -2.33. The number of rotatable bonds is 5. The van der Waals surface area contributed by atoms with Crippen LogP contribution in [0, 0.1) is 0 Å². The monoisotopic (exact) mass is 386 g/mol.